The number of nitrogens with one attached hydrogen (secondary N) is 2. The van der Waals surface area contributed by atoms with Gasteiger partial charge in [0.15, 0.2) is 0 Å². The highest BCUT2D eigenvalue weighted by molar-refractivity contribution is 7.10. The second-order valence-electron chi connectivity index (χ2n) is 3.51. The second-order valence-corrected chi connectivity index (χ2v) is 4.51. The van der Waals surface area contributed by atoms with Crippen molar-refractivity contribution in [1.82, 2.24) is 10.6 Å². The van der Waals surface area contributed by atoms with Gasteiger partial charge >= 0.3 is 0 Å². The van der Waals surface area contributed by atoms with E-state index in [9.17, 15) is 0 Å². The van der Waals surface area contributed by atoms with Crippen molar-refractivity contribution in [2.45, 2.75) is 26.3 Å². The lowest BCUT2D eigenvalue weighted by molar-refractivity contribution is 0.607. The van der Waals surface area contributed by atoms with Crippen molar-refractivity contribution < 1.29 is 0 Å². The molecule has 0 fully saturated rings. The summed E-state index contributed by atoms with van der Waals surface area (Å²) in [7, 11) is 2.00. The fourth-order valence-electron chi connectivity index (χ4n) is 1.34. The first-order valence-corrected chi connectivity index (χ1v) is 6.11. The lowest BCUT2D eigenvalue weighted by Gasteiger charge is -2.03. The monoisotopic (exact) mass is 212 g/mol. The van der Waals surface area contributed by atoms with E-state index >= 15 is 0 Å². The topological polar surface area (TPSA) is 24.1 Å². The van der Waals surface area contributed by atoms with Crippen molar-refractivity contribution in [3.63, 3.8) is 0 Å². The molecule has 1 aromatic heterocycles. The number of hydrogen-bond donors (Lipinski definition) is 2. The van der Waals surface area contributed by atoms with E-state index in [0.717, 1.165) is 19.6 Å². The molecule has 0 aromatic carbocycles. The van der Waals surface area contributed by atoms with E-state index in [1.165, 1.54) is 23.3 Å². The Bertz CT molecular complexity index is 245. The molecule has 0 amide bonds. The van der Waals surface area contributed by atoms with E-state index in [0.29, 0.717) is 0 Å². The molecule has 80 valence electrons. The van der Waals surface area contributed by atoms with Gasteiger partial charge in [-0.2, -0.15) is 0 Å². The van der Waals surface area contributed by atoms with Gasteiger partial charge in [-0.1, -0.05) is 0 Å². The van der Waals surface area contributed by atoms with Gasteiger partial charge in [-0.3, -0.25) is 0 Å². The molecule has 0 radical (unpaired) electrons. The molecule has 0 saturated carbocycles. The summed E-state index contributed by atoms with van der Waals surface area (Å²) in [5.74, 6) is 0. The third kappa shape index (κ3) is 4.22. The first-order valence-electron chi connectivity index (χ1n) is 5.23. The Morgan fingerprint density at radius 3 is 2.71 bits per heavy atom. The summed E-state index contributed by atoms with van der Waals surface area (Å²) >= 11 is 1.84. The minimum Gasteiger partial charge on any atom is -0.320 e. The Kier molecular flexibility index (Phi) is 5.83. The molecule has 1 rings (SSSR count). The fraction of sp³-hybridized carbons (Fsp3) is 0.636. The van der Waals surface area contributed by atoms with Crippen LogP contribution in [0.4, 0.5) is 0 Å². The van der Waals surface area contributed by atoms with E-state index in [4.69, 9.17) is 0 Å². The van der Waals surface area contributed by atoms with Crippen molar-refractivity contribution in [3.05, 3.63) is 21.9 Å². The van der Waals surface area contributed by atoms with Crippen molar-refractivity contribution >= 4 is 11.3 Å². The highest BCUT2D eigenvalue weighted by Gasteiger charge is 1.97. The summed E-state index contributed by atoms with van der Waals surface area (Å²) in [6, 6.07) is 2.18. The Balaban J connectivity index is 2.02. The molecule has 3 heteroatoms. The number of rotatable bonds is 7. The van der Waals surface area contributed by atoms with Crippen LogP contribution in [-0.4, -0.2) is 20.1 Å². The molecule has 0 aliphatic rings. The molecule has 1 heterocycles. The molecule has 0 spiro atoms. The van der Waals surface area contributed by atoms with Gasteiger partial charge in [0.1, 0.15) is 0 Å². The Morgan fingerprint density at radius 2 is 2.07 bits per heavy atom. The van der Waals surface area contributed by atoms with Crippen molar-refractivity contribution in [3.8, 4) is 0 Å². The van der Waals surface area contributed by atoms with E-state index in [-0.39, 0.29) is 0 Å². The Hall–Kier alpha value is -0.380. The van der Waals surface area contributed by atoms with Crippen LogP contribution < -0.4 is 10.6 Å². The molecule has 1 aromatic rings. The standard InChI is InChI=1S/C11H20N2S/c1-10-5-8-14-11(10)9-13-7-4-3-6-12-2/h5,8,12-13H,3-4,6-7,9H2,1-2H3. The average molecular weight is 212 g/mol. The minimum atomic E-state index is 1.03. The van der Waals surface area contributed by atoms with Crippen LogP contribution in [-0.2, 0) is 6.54 Å². The first-order chi connectivity index (χ1) is 6.84. The van der Waals surface area contributed by atoms with Gasteiger partial charge < -0.3 is 10.6 Å². The molecule has 0 aliphatic carbocycles. The maximum Gasteiger partial charge on any atom is 0.0302 e. The van der Waals surface area contributed by atoms with E-state index in [1.54, 1.807) is 0 Å². The number of thiophene rings is 1. The number of hydrogen-bond acceptors (Lipinski definition) is 3. The largest absolute Gasteiger partial charge is 0.320 e. The summed E-state index contributed by atoms with van der Waals surface area (Å²) in [4.78, 5) is 1.47. The first kappa shape index (κ1) is 11.7. The number of unbranched alkanes of at least 4 members (excludes halogenated alkanes) is 1. The van der Waals surface area contributed by atoms with Crippen LogP contribution in [0.2, 0.25) is 0 Å². The summed E-state index contributed by atoms with van der Waals surface area (Å²) < 4.78 is 0. The van der Waals surface area contributed by atoms with Crippen LogP contribution in [0.25, 0.3) is 0 Å². The van der Waals surface area contributed by atoms with Crippen LogP contribution >= 0.6 is 11.3 Å². The summed E-state index contributed by atoms with van der Waals surface area (Å²) in [6.45, 7) is 5.45. The second kappa shape index (κ2) is 6.98. The van der Waals surface area contributed by atoms with Crippen LogP contribution in [0.3, 0.4) is 0 Å². The molecule has 2 N–H and O–H groups in total. The molecule has 0 saturated heterocycles. The van der Waals surface area contributed by atoms with Gasteiger partial charge in [0.05, 0.1) is 0 Å². The molecule has 0 aliphatic heterocycles. The highest BCUT2D eigenvalue weighted by Crippen LogP contribution is 2.14. The zero-order chi connectivity index (χ0) is 10.2. The summed E-state index contributed by atoms with van der Waals surface area (Å²) in [6.07, 6.45) is 2.51. The average Bonchev–Trinajstić information content (AvgIpc) is 2.58. The SMILES string of the molecule is CNCCCCNCc1sccc1C. The maximum absolute atomic E-state index is 3.47. The molecular formula is C11H20N2S. The van der Waals surface area contributed by atoms with Gasteiger partial charge in [-0.15, -0.1) is 11.3 Å². The minimum absolute atomic E-state index is 1.03. The predicted octanol–water partition coefficient (Wildman–Crippen LogP) is 2.15. The van der Waals surface area contributed by atoms with Crippen molar-refractivity contribution in [1.29, 1.82) is 0 Å². The third-order valence-corrected chi connectivity index (χ3v) is 3.31. The van der Waals surface area contributed by atoms with Crippen LogP contribution in [0.15, 0.2) is 11.4 Å². The predicted molar refractivity (Wildman–Crippen MR) is 63.9 cm³/mol. The highest BCUT2D eigenvalue weighted by atomic mass is 32.1. The number of aryl methyl sites for hydroxylation is 1. The van der Waals surface area contributed by atoms with Gasteiger partial charge in [0.25, 0.3) is 0 Å². The Labute approximate surface area is 90.7 Å². The molecule has 14 heavy (non-hydrogen) atoms. The zero-order valence-corrected chi connectivity index (χ0v) is 9.91. The van der Waals surface area contributed by atoms with Crippen molar-refractivity contribution in [2.75, 3.05) is 20.1 Å². The van der Waals surface area contributed by atoms with E-state index in [1.807, 2.05) is 18.4 Å². The molecule has 0 bridgehead atoms. The molecule has 2 nitrogen and oxygen atoms in total. The smallest absolute Gasteiger partial charge is 0.0302 e. The lowest BCUT2D eigenvalue weighted by Crippen LogP contribution is -2.16. The van der Waals surface area contributed by atoms with Crippen molar-refractivity contribution in [2.24, 2.45) is 0 Å². The molecule has 0 unspecified atom stereocenters. The van der Waals surface area contributed by atoms with Crippen LogP contribution in [0.5, 0.6) is 0 Å². The molecule has 0 atom stereocenters. The van der Waals surface area contributed by atoms with Crippen LogP contribution in [0.1, 0.15) is 23.3 Å². The van der Waals surface area contributed by atoms with E-state index in [2.05, 4.69) is 29.0 Å². The van der Waals surface area contributed by atoms with Gasteiger partial charge in [-0.05, 0) is 56.9 Å². The zero-order valence-electron chi connectivity index (χ0n) is 9.10. The summed E-state index contributed by atoms with van der Waals surface area (Å²) in [5.41, 5.74) is 1.41. The van der Waals surface area contributed by atoms with E-state index < -0.39 is 0 Å². The maximum atomic E-state index is 3.47. The quantitative estimate of drug-likeness (QED) is 0.677. The third-order valence-electron chi connectivity index (χ3n) is 2.28. The fourth-order valence-corrected chi connectivity index (χ4v) is 2.21. The molecular weight excluding hydrogens is 192 g/mol. The van der Waals surface area contributed by atoms with Gasteiger partial charge in [0, 0.05) is 11.4 Å². The van der Waals surface area contributed by atoms with Crippen LogP contribution in [0, 0.1) is 6.92 Å². The van der Waals surface area contributed by atoms with Gasteiger partial charge in [-0.25, -0.2) is 0 Å². The lowest BCUT2D eigenvalue weighted by atomic mass is 10.3. The summed E-state index contributed by atoms with van der Waals surface area (Å²) in [5, 5.41) is 8.79. The van der Waals surface area contributed by atoms with Gasteiger partial charge in [0.2, 0.25) is 0 Å². The Morgan fingerprint density at radius 1 is 1.29 bits per heavy atom. The normalized spacial score (nSPS) is 10.7.